The van der Waals surface area contributed by atoms with Gasteiger partial charge in [0, 0.05) is 25.2 Å². The van der Waals surface area contributed by atoms with Crippen LogP contribution in [0, 0.1) is 11.8 Å². The molecular formula is C14H19ClN2. The van der Waals surface area contributed by atoms with Crippen LogP contribution in [0.15, 0.2) is 18.5 Å². The topological polar surface area (TPSA) is 16.1 Å². The fraction of sp³-hybridized carbons (Fsp3) is 0.643. The van der Waals surface area contributed by atoms with E-state index in [-0.39, 0.29) is 0 Å². The van der Waals surface area contributed by atoms with Gasteiger partial charge < -0.3 is 4.90 Å². The molecule has 1 aromatic heterocycles. The van der Waals surface area contributed by atoms with Crippen molar-refractivity contribution in [1.82, 2.24) is 4.98 Å². The summed E-state index contributed by atoms with van der Waals surface area (Å²) in [6, 6.07) is 2.05. The summed E-state index contributed by atoms with van der Waals surface area (Å²) >= 11 is 6.03. The van der Waals surface area contributed by atoms with Crippen LogP contribution in [0.1, 0.15) is 31.2 Å². The van der Waals surface area contributed by atoms with E-state index in [1.54, 1.807) is 0 Å². The maximum Gasteiger partial charge on any atom is 0.0597 e. The Kier molecular flexibility index (Phi) is 3.24. The van der Waals surface area contributed by atoms with Crippen molar-refractivity contribution >= 4 is 17.3 Å². The predicted molar refractivity (Wildman–Crippen MR) is 71.5 cm³/mol. The third-order valence-electron chi connectivity index (χ3n) is 3.72. The first-order chi connectivity index (χ1) is 8.36. The lowest BCUT2D eigenvalue weighted by atomic mass is 10.2. The summed E-state index contributed by atoms with van der Waals surface area (Å²) in [7, 11) is 0. The van der Waals surface area contributed by atoms with Crippen LogP contribution >= 0.6 is 11.6 Å². The number of nitrogens with zero attached hydrogens (tertiary/aromatic N) is 2. The van der Waals surface area contributed by atoms with Crippen LogP contribution in [-0.2, 0) is 5.88 Å². The summed E-state index contributed by atoms with van der Waals surface area (Å²) in [6.45, 7) is 2.40. The molecule has 2 nitrogen and oxygen atoms in total. The summed E-state index contributed by atoms with van der Waals surface area (Å²) in [6.07, 6.45) is 9.43. The second-order valence-corrected chi connectivity index (χ2v) is 5.70. The van der Waals surface area contributed by atoms with E-state index in [0.717, 1.165) is 11.8 Å². The van der Waals surface area contributed by atoms with Crippen LogP contribution in [0.4, 0.5) is 5.69 Å². The Balaban J connectivity index is 1.78. The lowest BCUT2D eigenvalue weighted by molar-refractivity contribution is 0.676. The normalized spacial score (nSPS) is 19.4. The average molecular weight is 251 g/mol. The smallest absolute Gasteiger partial charge is 0.0597 e. The van der Waals surface area contributed by atoms with Gasteiger partial charge in [0.25, 0.3) is 0 Å². The predicted octanol–water partition coefficient (Wildman–Crippen LogP) is 3.45. The molecule has 0 radical (unpaired) electrons. The minimum absolute atomic E-state index is 0.587. The molecule has 17 heavy (non-hydrogen) atoms. The van der Waals surface area contributed by atoms with Gasteiger partial charge in [-0.05, 0) is 49.1 Å². The molecule has 0 aliphatic heterocycles. The van der Waals surface area contributed by atoms with E-state index in [4.69, 9.17) is 11.6 Å². The third-order valence-corrected chi connectivity index (χ3v) is 4.01. The molecule has 0 N–H and O–H groups in total. The minimum Gasteiger partial charge on any atom is -0.369 e. The number of pyridine rings is 1. The highest BCUT2D eigenvalue weighted by Gasteiger charge is 2.30. The van der Waals surface area contributed by atoms with Gasteiger partial charge >= 0.3 is 0 Å². The molecule has 2 fully saturated rings. The molecule has 3 heteroatoms. The first-order valence-corrected chi connectivity index (χ1v) is 7.14. The molecule has 0 unspecified atom stereocenters. The molecular weight excluding hydrogens is 232 g/mol. The lowest BCUT2D eigenvalue weighted by Crippen LogP contribution is -2.29. The summed E-state index contributed by atoms with van der Waals surface area (Å²) in [4.78, 5) is 6.80. The van der Waals surface area contributed by atoms with Crippen molar-refractivity contribution in [1.29, 1.82) is 0 Å². The van der Waals surface area contributed by atoms with E-state index >= 15 is 0 Å². The number of aromatic nitrogens is 1. The highest BCUT2D eigenvalue weighted by atomic mass is 35.5. The molecule has 1 heterocycles. The number of rotatable bonds is 6. The van der Waals surface area contributed by atoms with E-state index in [2.05, 4.69) is 16.0 Å². The molecule has 0 aromatic carbocycles. The van der Waals surface area contributed by atoms with Crippen LogP contribution in [0.3, 0.4) is 0 Å². The van der Waals surface area contributed by atoms with Gasteiger partial charge in [-0.1, -0.05) is 0 Å². The number of halogens is 1. The van der Waals surface area contributed by atoms with Crippen LogP contribution in [0.2, 0.25) is 0 Å². The van der Waals surface area contributed by atoms with Crippen molar-refractivity contribution in [2.45, 2.75) is 31.6 Å². The molecule has 0 spiro atoms. The fourth-order valence-electron chi connectivity index (χ4n) is 2.31. The van der Waals surface area contributed by atoms with E-state index in [1.165, 1.54) is 50.0 Å². The molecule has 0 amide bonds. The largest absolute Gasteiger partial charge is 0.369 e. The zero-order valence-corrected chi connectivity index (χ0v) is 10.9. The Labute approximate surface area is 108 Å². The quantitative estimate of drug-likeness (QED) is 0.719. The van der Waals surface area contributed by atoms with Crippen LogP contribution in [0.5, 0.6) is 0 Å². The highest BCUT2D eigenvalue weighted by Crippen LogP contribution is 2.36. The molecule has 2 saturated carbocycles. The monoisotopic (exact) mass is 250 g/mol. The molecule has 1 aromatic rings. The van der Waals surface area contributed by atoms with Crippen molar-refractivity contribution in [3.05, 3.63) is 24.0 Å². The van der Waals surface area contributed by atoms with E-state index in [1.807, 2.05) is 12.4 Å². The SMILES string of the molecule is ClCc1ccncc1N(CC1CC1)CC1CC1. The first kappa shape index (κ1) is 11.3. The van der Waals surface area contributed by atoms with Gasteiger partial charge in [-0.15, -0.1) is 11.6 Å². The van der Waals surface area contributed by atoms with Crippen molar-refractivity contribution in [2.24, 2.45) is 11.8 Å². The fourth-order valence-corrected chi connectivity index (χ4v) is 2.53. The van der Waals surface area contributed by atoms with Gasteiger partial charge in [0.1, 0.15) is 0 Å². The molecule has 0 saturated heterocycles. The minimum atomic E-state index is 0.587. The zero-order chi connectivity index (χ0) is 11.7. The second-order valence-electron chi connectivity index (χ2n) is 5.43. The maximum absolute atomic E-state index is 6.03. The van der Waals surface area contributed by atoms with E-state index in [9.17, 15) is 0 Å². The third kappa shape index (κ3) is 2.92. The van der Waals surface area contributed by atoms with Crippen molar-refractivity contribution in [2.75, 3.05) is 18.0 Å². The molecule has 0 bridgehead atoms. The van der Waals surface area contributed by atoms with E-state index in [0.29, 0.717) is 5.88 Å². The molecule has 2 aliphatic rings. The van der Waals surface area contributed by atoms with Gasteiger partial charge in [0.2, 0.25) is 0 Å². The summed E-state index contributed by atoms with van der Waals surface area (Å²) < 4.78 is 0. The summed E-state index contributed by atoms with van der Waals surface area (Å²) in [5, 5.41) is 0. The Morgan fingerprint density at radius 3 is 2.35 bits per heavy atom. The molecule has 0 atom stereocenters. The van der Waals surface area contributed by atoms with Gasteiger partial charge in [0.15, 0.2) is 0 Å². The standard InChI is InChI=1S/C14H19ClN2/c15-7-13-5-6-16-8-14(13)17(9-11-1-2-11)10-12-3-4-12/h5-6,8,11-12H,1-4,7,9-10H2. The Morgan fingerprint density at radius 2 is 1.82 bits per heavy atom. The first-order valence-electron chi connectivity index (χ1n) is 6.60. The number of hydrogen-bond donors (Lipinski definition) is 0. The molecule has 92 valence electrons. The van der Waals surface area contributed by atoms with Gasteiger partial charge in [0.05, 0.1) is 11.9 Å². The Morgan fingerprint density at radius 1 is 1.18 bits per heavy atom. The summed E-state index contributed by atoms with van der Waals surface area (Å²) in [5.74, 6) is 2.42. The van der Waals surface area contributed by atoms with Crippen LogP contribution < -0.4 is 4.90 Å². The van der Waals surface area contributed by atoms with Gasteiger partial charge in [-0.3, -0.25) is 4.98 Å². The number of hydrogen-bond acceptors (Lipinski definition) is 2. The molecule has 3 rings (SSSR count). The van der Waals surface area contributed by atoms with Crippen molar-refractivity contribution in [3.8, 4) is 0 Å². The highest BCUT2D eigenvalue weighted by molar-refractivity contribution is 6.17. The van der Waals surface area contributed by atoms with Gasteiger partial charge in [-0.25, -0.2) is 0 Å². The van der Waals surface area contributed by atoms with Crippen molar-refractivity contribution < 1.29 is 0 Å². The average Bonchev–Trinajstić information content (AvgIpc) is 3.23. The zero-order valence-electron chi connectivity index (χ0n) is 10.1. The Hall–Kier alpha value is -0.760. The molecule has 2 aliphatic carbocycles. The van der Waals surface area contributed by atoms with Gasteiger partial charge in [-0.2, -0.15) is 0 Å². The Bertz CT molecular complexity index is 372. The van der Waals surface area contributed by atoms with Crippen molar-refractivity contribution in [3.63, 3.8) is 0 Å². The van der Waals surface area contributed by atoms with E-state index < -0.39 is 0 Å². The second kappa shape index (κ2) is 4.85. The number of alkyl halides is 1. The number of anilines is 1. The van der Waals surface area contributed by atoms with Crippen LogP contribution in [0.25, 0.3) is 0 Å². The maximum atomic E-state index is 6.03. The van der Waals surface area contributed by atoms with Crippen LogP contribution in [-0.4, -0.2) is 18.1 Å². The summed E-state index contributed by atoms with van der Waals surface area (Å²) in [5.41, 5.74) is 2.49. The lowest BCUT2D eigenvalue weighted by Gasteiger charge is -2.26.